The summed E-state index contributed by atoms with van der Waals surface area (Å²) < 4.78 is 16.7. The molecular formula is C80H153NO10. The molecule has 0 bridgehead atoms. The summed E-state index contributed by atoms with van der Waals surface area (Å²) in [7, 11) is 0. The Morgan fingerprint density at radius 3 is 1.05 bits per heavy atom. The lowest BCUT2D eigenvalue weighted by Gasteiger charge is -2.40. The van der Waals surface area contributed by atoms with Crippen LogP contribution in [0.5, 0.6) is 0 Å². The predicted molar refractivity (Wildman–Crippen MR) is 384 cm³/mol. The molecule has 7 atom stereocenters. The second-order valence-electron chi connectivity index (χ2n) is 28.1. The van der Waals surface area contributed by atoms with Crippen molar-refractivity contribution in [1.29, 1.82) is 0 Å². The number of amides is 1. The number of aliphatic hydroxyl groups excluding tert-OH is 5. The third kappa shape index (κ3) is 58.1. The summed E-state index contributed by atoms with van der Waals surface area (Å²) in [5.41, 5.74) is 0. The van der Waals surface area contributed by atoms with Gasteiger partial charge in [0.2, 0.25) is 5.91 Å². The lowest BCUT2D eigenvalue weighted by Crippen LogP contribution is -2.60. The average Bonchev–Trinajstić information content (AvgIpc) is 1.14. The van der Waals surface area contributed by atoms with Gasteiger partial charge in [0, 0.05) is 12.8 Å². The van der Waals surface area contributed by atoms with Crippen LogP contribution in [0.25, 0.3) is 0 Å². The number of unbranched alkanes of at least 4 members (excludes halogenated alkanes) is 56. The molecule has 1 aliphatic rings. The molecule has 0 radical (unpaired) electrons. The van der Waals surface area contributed by atoms with Crippen molar-refractivity contribution < 1.29 is 49.3 Å². The topological polar surface area (TPSA) is 175 Å². The minimum Gasteiger partial charge on any atom is -0.466 e. The van der Waals surface area contributed by atoms with Crippen LogP contribution in [0.3, 0.4) is 0 Å². The van der Waals surface area contributed by atoms with Crippen molar-refractivity contribution in [3.63, 3.8) is 0 Å². The van der Waals surface area contributed by atoms with Crippen LogP contribution >= 0.6 is 0 Å². The van der Waals surface area contributed by atoms with E-state index in [1.807, 2.05) is 6.08 Å². The zero-order valence-corrected chi connectivity index (χ0v) is 60.1. The van der Waals surface area contributed by atoms with E-state index in [0.717, 1.165) is 57.8 Å². The van der Waals surface area contributed by atoms with Crippen LogP contribution in [0.2, 0.25) is 0 Å². The standard InChI is InChI=1S/C80H153NO10/c1-3-5-7-9-11-13-15-16-45-48-52-56-60-64-68-76(85)89-69-65-61-57-53-49-46-43-41-39-37-35-33-31-29-27-25-23-21-19-17-18-20-22-24-26-28-30-32-34-36-38-40-42-44-47-51-55-59-63-67-75(84)81-72(71-90-80-79(88)78(87)77(86)74(70-82)91-80)73(83)66-62-58-54-50-14-12-10-8-6-4-2/h15-16,62,66,72-74,77-80,82-83,86-88H,3-14,17-61,63-65,67-71H2,1-2H3,(H,81,84)/b16-15-,66-62+. The molecule has 0 spiro atoms. The molecule has 1 heterocycles. The fourth-order valence-electron chi connectivity index (χ4n) is 13.0. The number of nitrogens with one attached hydrogen (secondary N) is 1. The number of hydrogen-bond acceptors (Lipinski definition) is 10. The lowest BCUT2D eigenvalue weighted by molar-refractivity contribution is -0.302. The summed E-state index contributed by atoms with van der Waals surface area (Å²) in [4.78, 5) is 25.1. The van der Waals surface area contributed by atoms with Gasteiger partial charge in [-0.15, -0.1) is 0 Å². The van der Waals surface area contributed by atoms with E-state index < -0.39 is 49.5 Å². The highest BCUT2D eigenvalue weighted by atomic mass is 16.7. The molecule has 0 saturated carbocycles. The molecule has 1 aliphatic heterocycles. The number of carbonyl (C=O) groups is 2. The summed E-state index contributed by atoms with van der Waals surface area (Å²) >= 11 is 0. The third-order valence-corrected chi connectivity index (χ3v) is 19.3. The van der Waals surface area contributed by atoms with E-state index in [1.54, 1.807) is 6.08 Å². The van der Waals surface area contributed by atoms with Crippen LogP contribution in [0.1, 0.15) is 412 Å². The van der Waals surface area contributed by atoms with Crippen molar-refractivity contribution in [2.75, 3.05) is 19.8 Å². The lowest BCUT2D eigenvalue weighted by atomic mass is 9.99. The minimum absolute atomic E-state index is 0.0105. The summed E-state index contributed by atoms with van der Waals surface area (Å²) in [5, 5.41) is 54.4. The summed E-state index contributed by atoms with van der Waals surface area (Å²) in [5.74, 6) is -0.164. The fourth-order valence-corrected chi connectivity index (χ4v) is 13.0. The minimum atomic E-state index is -1.57. The van der Waals surface area contributed by atoms with Crippen LogP contribution in [-0.4, -0.2) is 100 Å². The Labute approximate surface area is 562 Å². The first-order valence-corrected chi connectivity index (χ1v) is 40.1. The predicted octanol–water partition coefficient (Wildman–Crippen LogP) is 21.5. The molecule has 1 rings (SSSR count). The monoisotopic (exact) mass is 1290 g/mol. The Morgan fingerprint density at radius 2 is 0.703 bits per heavy atom. The van der Waals surface area contributed by atoms with Gasteiger partial charge in [0.1, 0.15) is 24.4 Å². The summed E-state index contributed by atoms with van der Waals surface area (Å²) in [6, 6.07) is -0.804. The van der Waals surface area contributed by atoms with Gasteiger partial charge in [-0.1, -0.05) is 366 Å². The van der Waals surface area contributed by atoms with Crippen LogP contribution in [-0.2, 0) is 23.8 Å². The van der Waals surface area contributed by atoms with E-state index in [2.05, 4.69) is 31.3 Å². The molecule has 1 amide bonds. The van der Waals surface area contributed by atoms with Gasteiger partial charge in [-0.2, -0.15) is 0 Å². The maximum absolute atomic E-state index is 13.0. The zero-order chi connectivity index (χ0) is 65.8. The van der Waals surface area contributed by atoms with E-state index in [-0.39, 0.29) is 18.5 Å². The Balaban J connectivity index is 1.84. The highest BCUT2D eigenvalue weighted by molar-refractivity contribution is 5.76. The highest BCUT2D eigenvalue weighted by Gasteiger charge is 2.44. The Bertz CT molecular complexity index is 1560. The first kappa shape index (κ1) is 87.2. The molecule has 538 valence electrons. The first-order chi connectivity index (χ1) is 44.7. The van der Waals surface area contributed by atoms with E-state index in [0.29, 0.717) is 19.4 Å². The van der Waals surface area contributed by atoms with Crippen LogP contribution in [0.15, 0.2) is 24.3 Å². The van der Waals surface area contributed by atoms with Gasteiger partial charge >= 0.3 is 5.97 Å². The molecule has 0 aromatic heterocycles. The van der Waals surface area contributed by atoms with E-state index in [1.165, 1.54) is 327 Å². The fraction of sp³-hybridized carbons (Fsp3) is 0.925. The maximum Gasteiger partial charge on any atom is 0.305 e. The quantitative estimate of drug-likeness (QED) is 0.0195. The van der Waals surface area contributed by atoms with Crippen LogP contribution in [0, 0.1) is 0 Å². The zero-order valence-electron chi connectivity index (χ0n) is 60.1. The summed E-state index contributed by atoms with van der Waals surface area (Å²) in [6.45, 7) is 4.37. The molecule has 0 aliphatic carbocycles. The van der Waals surface area contributed by atoms with Crippen molar-refractivity contribution in [2.45, 2.75) is 455 Å². The van der Waals surface area contributed by atoms with Gasteiger partial charge in [0.15, 0.2) is 6.29 Å². The number of esters is 1. The van der Waals surface area contributed by atoms with E-state index >= 15 is 0 Å². The van der Waals surface area contributed by atoms with Gasteiger partial charge in [-0.05, 0) is 57.8 Å². The largest absolute Gasteiger partial charge is 0.466 e. The first-order valence-electron chi connectivity index (χ1n) is 40.1. The smallest absolute Gasteiger partial charge is 0.305 e. The molecule has 1 saturated heterocycles. The Morgan fingerprint density at radius 1 is 0.396 bits per heavy atom. The van der Waals surface area contributed by atoms with Crippen molar-refractivity contribution in [1.82, 2.24) is 5.32 Å². The molecule has 6 N–H and O–H groups in total. The third-order valence-electron chi connectivity index (χ3n) is 19.3. The Kier molecular flexibility index (Phi) is 66.6. The number of ether oxygens (including phenoxy) is 3. The van der Waals surface area contributed by atoms with Gasteiger partial charge < -0.3 is 45.1 Å². The molecule has 1 fully saturated rings. The molecule has 0 aromatic carbocycles. The highest BCUT2D eigenvalue weighted by Crippen LogP contribution is 2.24. The normalized spacial score (nSPS) is 17.6. The van der Waals surface area contributed by atoms with Gasteiger partial charge in [0.25, 0.3) is 0 Å². The number of hydrogen-bond donors (Lipinski definition) is 6. The van der Waals surface area contributed by atoms with E-state index in [4.69, 9.17) is 14.2 Å². The van der Waals surface area contributed by atoms with Crippen molar-refractivity contribution in [2.24, 2.45) is 0 Å². The number of carbonyl (C=O) groups excluding carboxylic acids is 2. The SMILES string of the molecule is CCCCCCC/C=C\CCCCCCCC(=O)OCCCCCCCCCCCCCCCCCCCCCCCCCCCCCCCCCCCCCCCCCC(=O)NC(COC1OC(CO)C(O)C(O)C1O)C(O)/C=C/CCCCCCCCCC. The van der Waals surface area contributed by atoms with Gasteiger partial charge in [-0.25, -0.2) is 0 Å². The molecule has 7 unspecified atom stereocenters. The van der Waals surface area contributed by atoms with Gasteiger partial charge in [0.05, 0.1) is 32.0 Å². The van der Waals surface area contributed by atoms with Gasteiger partial charge in [-0.3, -0.25) is 9.59 Å². The van der Waals surface area contributed by atoms with Crippen LogP contribution < -0.4 is 5.32 Å². The van der Waals surface area contributed by atoms with Crippen molar-refractivity contribution in [3.8, 4) is 0 Å². The van der Waals surface area contributed by atoms with Crippen molar-refractivity contribution in [3.05, 3.63) is 24.3 Å². The summed E-state index contributed by atoms with van der Waals surface area (Å²) in [6.07, 6.45) is 79.5. The second kappa shape index (κ2) is 69.5. The molecule has 11 nitrogen and oxygen atoms in total. The van der Waals surface area contributed by atoms with E-state index in [9.17, 15) is 35.1 Å². The number of allylic oxidation sites excluding steroid dienone is 3. The molecule has 91 heavy (non-hydrogen) atoms. The maximum atomic E-state index is 13.0. The number of rotatable bonds is 72. The number of aliphatic hydroxyl groups is 5. The molecular weight excluding hydrogens is 1130 g/mol. The van der Waals surface area contributed by atoms with Crippen molar-refractivity contribution >= 4 is 11.9 Å². The second-order valence-corrected chi connectivity index (χ2v) is 28.1. The van der Waals surface area contributed by atoms with Crippen LogP contribution in [0.4, 0.5) is 0 Å². The Hall–Kier alpha value is -1.86. The average molecular weight is 1290 g/mol. The molecule has 0 aromatic rings. The molecule has 11 heteroatoms.